The van der Waals surface area contributed by atoms with Gasteiger partial charge in [0.2, 0.25) is 0 Å². The van der Waals surface area contributed by atoms with Gasteiger partial charge in [-0.15, -0.1) is 0 Å². The molecule has 0 fully saturated rings. The van der Waals surface area contributed by atoms with Gasteiger partial charge in [0.25, 0.3) is 0 Å². The predicted molar refractivity (Wildman–Crippen MR) is 35.1 cm³/mol. The van der Waals surface area contributed by atoms with Crippen LogP contribution in [0.1, 0.15) is 20.8 Å². The lowest BCUT2D eigenvalue weighted by Crippen LogP contribution is -2.22. The van der Waals surface area contributed by atoms with E-state index in [-0.39, 0.29) is 0 Å². The SMILES string of the molecule is CC[N+]1(C)C(C)=C1C. The summed E-state index contributed by atoms with van der Waals surface area (Å²) >= 11 is 0. The van der Waals surface area contributed by atoms with Crippen molar-refractivity contribution in [2.75, 3.05) is 13.6 Å². The van der Waals surface area contributed by atoms with Crippen LogP contribution in [0.15, 0.2) is 11.4 Å². The smallest absolute Gasteiger partial charge is 0.167 e. The third-order valence-electron chi connectivity index (χ3n) is 2.59. The van der Waals surface area contributed by atoms with Crippen molar-refractivity contribution in [3.8, 4) is 0 Å². The number of hydrogen-bond acceptors (Lipinski definition) is 0. The van der Waals surface area contributed by atoms with Gasteiger partial charge in [0.15, 0.2) is 11.4 Å². The van der Waals surface area contributed by atoms with Crippen LogP contribution in [0.3, 0.4) is 0 Å². The molecule has 0 saturated carbocycles. The third-order valence-corrected chi connectivity index (χ3v) is 2.59. The molecule has 0 atom stereocenters. The molecule has 8 heavy (non-hydrogen) atoms. The molecule has 0 aromatic heterocycles. The average molecular weight is 112 g/mol. The molecule has 0 saturated heterocycles. The second kappa shape index (κ2) is 1.35. The van der Waals surface area contributed by atoms with Gasteiger partial charge in [-0.1, -0.05) is 0 Å². The fourth-order valence-electron chi connectivity index (χ4n) is 1.17. The van der Waals surface area contributed by atoms with Crippen molar-refractivity contribution in [2.24, 2.45) is 0 Å². The Labute approximate surface area is 51.2 Å². The van der Waals surface area contributed by atoms with E-state index < -0.39 is 0 Å². The van der Waals surface area contributed by atoms with E-state index in [0.29, 0.717) is 0 Å². The molecule has 0 bridgehead atoms. The lowest BCUT2D eigenvalue weighted by atomic mass is 10.6. The van der Waals surface area contributed by atoms with Crippen LogP contribution in [0.5, 0.6) is 0 Å². The first-order valence-electron chi connectivity index (χ1n) is 3.17. The predicted octanol–water partition coefficient (Wildman–Crippen LogP) is 1.72. The molecule has 0 radical (unpaired) electrons. The van der Waals surface area contributed by atoms with Crippen molar-refractivity contribution in [3.63, 3.8) is 0 Å². The molecule has 1 aliphatic heterocycles. The normalized spacial score (nSPS) is 24.0. The Kier molecular flexibility index (Phi) is 0.984. The lowest BCUT2D eigenvalue weighted by molar-refractivity contribution is -0.763. The Balaban J connectivity index is 2.60. The summed E-state index contributed by atoms with van der Waals surface area (Å²) in [6.45, 7) is 7.86. The first-order valence-corrected chi connectivity index (χ1v) is 3.17. The van der Waals surface area contributed by atoms with Gasteiger partial charge in [0, 0.05) is 13.8 Å². The summed E-state index contributed by atoms with van der Waals surface area (Å²) in [4.78, 5) is 0. The van der Waals surface area contributed by atoms with Gasteiger partial charge < -0.3 is 0 Å². The zero-order chi connectivity index (χ0) is 6.36. The van der Waals surface area contributed by atoms with E-state index in [1.165, 1.54) is 6.54 Å². The third kappa shape index (κ3) is 0.451. The molecule has 0 amide bonds. The Morgan fingerprint density at radius 2 is 1.62 bits per heavy atom. The summed E-state index contributed by atoms with van der Waals surface area (Å²) in [5.74, 6) is 0. The second-order valence-electron chi connectivity index (χ2n) is 2.68. The zero-order valence-electron chi connectivity index (χ0n) is 6.15. The number of quaternary nitrogens is 1. The molecule has 0 aliphatic carbocycles. The van der Waals surface area contributed by atoms with E-state index in [1.54, 1.807) is 11.4 Å². The molecule has 0 aromatic carbocycles. The summed E-state index contributed by atoms with van der Waals surface area (Å²) in [6, 6.07) is 0. The Bertz CT molecular complexity index is 132. The molecule has 1 aliphatic rings. The lowest BCUT2D eigenvalue weighted by Gasteiger charge is -2.10. The fraction of sp³-hybridized carbons (Fsp3) is 0.714. The monoisotopic (exact) mass is 112 g/mol. The minimum atomic E-state index is 1.12. The molecule has 1 heterocycles. The molecule has 1 rings (SSSR count). The van der Waals surface area contributed by atoms with Crippen LogP contribution in [0.4, 0.5) is 0 Å². The minimum Gasteiger partial charge on any atom is -0.259 e. The van der Waals surface area contributed by atoms with Gasteiger partial charge in [-0.05, 0) is 6.92 Å². The van der Waals surface area contributed by atoms with E-state index in [2.05, 4.69) is 27.8 Å². The van der Waals surface area contributed by atoms with Crippen molar-refractivity contribution in [1.82, 2.24) is 0 Å². The topological polar surface area (TPSA) is 0 Å². The van der Waals surface area contributed by atoms with Gasteiger partial charge in [-0.25, -0.2) is 0 Å². The Hall–Kier alpha value is -0.300. The summed E-state index contributed by atoms with van der Waals surface area (Å²) in [6.07, 6.45) is 0. The van der Waals surface area contributed by atoms with Crippen LogP contribution in [-0.4, -0.2) is 18.1 Å². The molecule has 1 heteroatoms. The highest BCUT2D eigenvalue weighted by atomic mass is 15.4. The quantitative estimate of drug-likeness (QED) is 0.453. The highest BCUT2D eigenvalue weighted by molar-refractivity contribution is 5.12. The van der Waals surface area contributed by atoms with E-state index in [0.717, 1.165) is 4.48 Å². The maximum Gasteiger partial charge on any atom is 0.167 e. The van der Waals surface area contributed by atoms with Crippen molar-refractivity contribution in [2.45, 2.75) is 20.8 Å². The molecule has 0 N–H and O–H groups in total. The van der Waals surface area contributed by atoms with E-state index in [1.807, 2.05) is 0 Å². The van der Waals surface area contributed by atoms with Crippen LogP contribution in [0.2, 0.25) is 0 Å². The van der Waals surface area contributed by atoms with Crippen molar-refractivity contribution in [3.05, 3.63) is 11.4 Å². The highest BCUT2D eigenvalue weighted by Gasteiger charge is 2.43. The number of rotatable bonds is 1. The number of nitrogens with zero attached hydrogens (tertiary/aromatic N) is 1. The molecule has 1 nitrogen and oxygen atoms in total. The standard InChI is InChI=1S/C7H14N/c1-5-8(4)6(2)7(8)3/h5H2,1-4H3/q+1. The zero-order valence-corrected chi connectivity index (χ0v) is 6.15. The van der Waals surface area contributed by atoms with Gasteiger partial charge in [-0.2, -0.15) is 0 Å². The largest absolute Gasteiger partial charge is 0.259 e. The number of hydrogen-bond donors (Lipinski definition) is 0. The van der Waals surface area contributed by atoms with Gasteiger partial charge >= 0.3 is 0 Å². The Morgan fingerprint density at radius 3 is 1.62 bits per heavy atom. The Morgan fingerprint density at radius 1 is 1.25 bits per heavy atom. The van der Waals surface area contributed by atoms with E-state index >= 15 is 0 Å². The van der Waals surface area contributed by atoms with E-state index in [4.69, 9.17) is 0 Å². The molecule has 46 valence electrons. The summed E-state index contributed by atoms with van der Waals surface area (Å²) < 4.78 is 1.12. The summed E-state index contributed by atoms with van der Waals surface area (Å²) in [5, 5.41) is 0. The van der Waals surface area contributed by atoms with Crippen LogP contribution in [-0.2, 0) is 0 Å². The van der Waals surface area contributed by atoms with E-state index in [9.17, 15) is 0 Å². The van der Waals surface area contributed by atoms with Crippen LogP contribution >= 0.6 is 0 Å². The first-order chi connectivity index (χ1) is 3.63. The first kappa shape index (κ1) is 5.83. The van der Waals surface area contributed by atoms with Crippen molar-refractivity contribution < 1.29 is 4.48 Å². The van der Waals surface area contributed by atoms with Gasteiger partial charge in [0.05, 0.1) is 13.6 Å². The molecule has 0 unspecified atom stereocenters. The van der Waals surface area contributed by atoms with Crippen LogP contribution in [0, 0.1) is 0 Å². The maximum atomic E-state index is 2.25. The molecular weight excluding hydrogens is 98.1 g/mol. The molecule has 0 aromatic rings. The average Bonchev–Trinajstić information content (AvgIpc) is 2.22. The maximum absolute atomic E-state index is 2.25. The van der Waals surface area contributed by atoms with Gasteiger partial charge in [-0.3, -0.25) is 4.48 Å². The second-order valence-corrected chi connectivity index (χ2v) is 2.68. The summed E-state index contributed by atoms with van der Waals surface area (Å²) in [5.41, 5.74) is 3.10. The molecule has 0 spiro atoms. The highest BCUT2D eigenvalue weighted by Crippen LogP contribution is 2.38. The summed E-state index contributed by atoms with van der Waals surface area (Å²) in [7, 11) is 2.25. The van der Waals surface area contributed by atoms with Crippen LogP contribution in [0.25, 0.3) is 0 Å². The number of allylic oxidation sites excluding steroid dienone is 2. The van der Waals surface area contributed by atoms with Crippen molar-refractivity contribution >= 4 is 0 Å². The minimum absolute atomic E-state index is 1.12. The van der Waals surface area contributed by atoms with Crippen LogP contribution < -0.4 is 0 Å². The fourth-order valence-corrected chi connectivity index (χ4v) is 1.17. The van der Waals surface area contributed by atoms with Gasteiger partial charge in [0.1, 0.15) is 0 Å². The molecular formula is C7H14N+. The van der Waals surface area contributed by atoms with Crippen molar-refractivity contribution in [1.29, 1.82) is 0 Å².